The number of nitrogens with one attached hydrogen (secondary N) is 1. The van der Waals surface area contributed by atoms with Crippen LogP contribution in [0.2, 0.25) is 0 Å². The highest BCUT2D eigenvalue weighted by Crippen LogP contribution is 2.07. The Hall–Kier alpha value is -2.95. The van der Waals surface area contributed by atoms with Crippen LogP contribution in [0, 0.1) is 0 Å². The van der Waals surface area contributed by atoms with Crippen LogP contribution in [0.15, 0.2) is 54.6 Å². The molecule has 1 N–H and O–H groups in total. The van der Waals surface area contributed by atoms with E-state index in [4.69, 9.17) is 0 Å². The molecular formula is C20H21NO4. The minimum absolute atomic E-state index is 0.0332. The Balaban J connectivity index is 1.70. The molecule has 0 aliphatic rings. The van der Waals surface area contributed by atoms with Crippen LogP contribution in [0.5, 0.6) is 0 Å². The molecule has 2 rings (SSSR count). The van der Waals surface area contributed by atoms with Crippen molar-refractivity contribution in [3.05, 3.63) is 71.3 Å². The number of carbonyl (C=O) groups is 3. The average Bonchev–Trinajstić information content (AvgIpc) is 2.66. The number of rotatable bonds is 8. The van der Waals surface area contributed by atoms with Gasteiger partial charge in [0.05, 0.1) is 12.7 Å². The standard InChI is InChI=1S/C20H21NO4/c1-25-20(24)17-9-7-15(8-10-17)13-14-21-19(23)12-11-18(22)16-5-3-2-4-6-16/h2-10H,11-14H2,1H3,(H,21,23). The highest BCUT2D eigenvalue weighted by atomic mass is 16.5. The Labute approximate surface area is 147 Å². The number of ether oxygens (including phenoxy) is 1. The van der Waals surface area contributed by atoms with Gasteiger partial charge in [-0.2, -0.15) is 0 Å². The van der Waals surface area contributed by atoms with Crippen molar-refractivity contribution in [1.82, 2.24) is 5.32 Å². The summed E-state index contributed by atoms with van der Waals surface area (Å²) in [7, 11) is 1.34. The van der Waals surface area contributed by atoms with Crippen molar-refractivity contribution < 1.29 is 19.1 Å². The lowest BCUT2D eigenvalue weighted by Gasteiger charge is -2.06. The molecule has 0 spiro atoms. The predicted octanol–water partition coefficient (Wildman–Crippen LogP) is 2.80. The first kappa shape index (κ1) is 18.4. The number of esters is 1. The number of ketones is 1. The Morgan fingerprint density at radius 3 is 2.20 bits per heavy atom. The van der Waals surface area contributed by atoms with Crippen LogP contribution in [0.3, 0.4) is 0 Å². The number of methoxy groups -OCH3 is 1. The Morgan fingerprint density at radius 2 is 1.56 bits per heavy atom. The van der Waals surface area contributed by atoms with E-state index in [1.165, 1.54) is 7.11 Å². The molecule has 0 aromatic heterocycles. The SMILES string of the molecule is COC(=O)c1ccc(CCNC(=O)CCC(=O)c2ccccc2)cc1. The van der Waals surface area contributed by atoms with Gasteiger partial charge in [-0.3, -0.25) is 9.59 Å². The van der Waals surface area contributed by atoms with E-state index in [0.29, 0.717) is 24.1 Å². The fourth-order valence-electron chi connectivity index (χ4n) is 2.36. The van der Waals surface area contributed by atoms with Crippen molar-refractivity contribution >= 4 is 17.7 Å². The summed E-state index contributed by atoms with van der Waals surface area (Å²) < 4.78 is 4.64. The first-order chi connectivity index (χ1) is 12.1. The topological polar surface area (TPSA) is 72.5 Å². The highest BCUT2D eigenvalue weighted by Gasteiger charge is 2.09. The lowest BCUT2D eigenvalue weighted by Crippen LogP contribution is -2.26. The maximum absolute atomic E-state index is 11.9. The number of carbonyl (C=O) groups excluding carboxylic acids is 3. The van der Waals surface area contributed by atoms with Crippen LogP contribution in [-0.4, -0.2) is 31.3 Å². The van der Waals surface area contributed by atoms with Crippen molar-refractivity contribution in [2.24, 2.45) is 0 Å². The number of hydrogen-bond donors (Lipinski definition) is 1. The van der Waals surface area contributed by atoms with Crippen molar-refractivity contribution in [2.75, 3.05) is 13.7 Å². The molecule has 0 aliphatic carbocycles. The van der Waals surface area contributed by atoms with E-state index >= 15 is 0 Å². The molecule has 2 aromatic carbocycles. The summed E-state index contributed by atoms with van der Waals surface area (Å²) in [5.41, 5.74) is 2.13. The maximum atomic E-state index is 11.9. The smallest absolute Gasteiger partial charge is 0.337 e. The van der Waals surface area contributed by atoms with Gasteiger partial charge in [0.1, 0.15) is 0 Å². The Bertz CT molecular complexity index is 723. The molecule has 0 saturated heterocycles. The van der Waals surface area contributed by atoms with Crippen LogP contribution in [-0.2, 0) is 16.0 Å². The molecule has 2 aromatic rings. The lowest BCUT2D eigenvalue weighted by atomic mass is 10.1. The molecule has 0 atom stereocenters. The zero-order valence-electron chi connectivity index (χ0n) is 14.2. The third-order valence-corrected chi connectivity index (χ3v) is 3.79. The third kappa shape index (κ3) is 5.88. The van der Waals surface area contributed by atoms with Crippen LogP contribution in [0.25, 0.3) is 0 Å². The van der Waals surface area contributed by atoms with Crippen molar-refractivity contribution in [3.63, 3.8) is 0 Å². The van der Waals surface area contributed by atoms with Gasteiger partial charge in [-0.1, -0.05) is 42.5 Å². The van der Waals surface area contributed by atoms with Gasteiger partial charge in [0, 0.05) is 24.9 Å². The molecule has 130 valence electrons. The Kier molecular flexibility index (Phi) is 6.89. The van der Waals surface area contributed by atoms with Gasteiger partial charge in [-0.05, 0) is 24.1 Å². The molecule has 0 unspecified atom stereocenters. The summed E-state index contributed by atoms with van der Waals surface area (Å²) in [6, 6.07) is 16.0. The first-order valence-corrected chi connectivity index (χ1v) is 8.12. The van der Waals surface area contributed by atoms with Crippen LogP contribution in [0.4, 0.5) is 0 Å². The summed E-state index contributed by atoms with van der Waals surface area (Å²) in [4.78, 5) is 35.1. The first-order valence-electron chi connectivity index (χ1n) is 8.12. The van der Waals surface area contributed by atoms with Crippen LogP contribution < -0.4 is 5.32 Å². The average molecular weight is 339 g/mol. The Morgan fingerprint density at radius 1 is 0.880 bits per heavy atom. The molecule has 0 radical (unpaired) electrons. The molecule has 0 aliphatic heterocycles. The molecule has 0 fully saturated rings. The zero-order chi connectivity index (χ0) is 18.1. The van der Waals surface area contributed by atoms with Gasteiger partial charge in [0.15, 0.2) is 5.78 Å². The second kappa shape index (κ2) is 9.37. The van der Waals surface area contributed by atoms with Crippen LogP contribution >= 0.6 is 0 Å². The van der Waals surface area contributed by atoms with E-state index in [1.807, 2.05) is 18.2 Å². The largest absolute Gasteiger partial charge is 0.465 e. The second-order valence-electron chi connectivity index (χ2n) is 5.58. The van der Waals surface area contributed by atoms with Crippen molar-refractivity contribution in [1.29, 1.82) is 0 Å². The van der Waals surface area contributed by atoms with Gasteiger partial charge in [-0.25, -0.2) is 4.79 Å². The van der Waals surface area contributed by atoms with Gasteiger partial charge >= 0.3 is 5.97 Å². The van der Waals surface area contributed by atoms with Gasteiger partial charge in [0.25, 0.3) is 0 Å². The van der Waals surface area contributed by atoms with E-state index in [9.17, 15) is 14.4 Å². The monoisotopic (exact) mass is 339 g/mol. The molecule has 5 nitrogen and oxygen atoms in total. The minimum atomic E-state index is -0.372. The second-order valence-corrected chi connectivity index (χ2v) is 5.58. The minimum Gasteiger partial charge on any atom is -0.465 e. The van der Waals surface area contributed by atoms with E-state index in [0.717, 1.165) is 5.56 Å². The lowest BCUT2D eigenvalue weighted by molar-refractivity contribution is -0.121. The van der Waals surface area contributed by atoms with Gasteiger partial charge < -0.3 is 10.1 Å². The van der Waals surface area contributed by atoms with E-state index < -0.39 is 0 Å². The molecule has 0 heterocycles. The highest BCUT2D eigenvalue weighted by molar-refractivity contribution is 5.97. The fraction of sp³-hybridized carbons (Fsp3) is 0.250. The normalized spacial score (nSPS) is 10.1. The van der Waals surface area contributed by atoms with E-state index in [-0.39, 0.29) is 30.5 Å². The molecule has 25 heavy (non-hydrogen) atoms. The zero-order valence-corrected chi connectivity index (χ0v) is 14.2. The van der Waals surface area contributed by atoms with Crippen molar-refractivity contribution in [2.45, 2.75) is 19.3 Å². The van der Waals surface area contributed by atoms with Gasteiger partial charge in [-0.15, -0.1) is 0 Å². The number of hydrogen-bond acceptors (Lipinski definition) is 4. The fourth-order valence-corrected chi connectivity index (χ4v) is 2.36. The van der Waals surface area contributed by atoms with E-state index in [1.54, 1.807) is 36.4 Å². The third-order valence-electron chi connectivity index (χ3n) is 3.79. The van der Waals surface area contributed by atoms with E-state index in [2.05, 4.69) is 10.1 Å². The molecule has 0 bridgehead atoms. The number of amides is 1. The number of benzene rings is 2. The quantitative estimate of drug-likeness (QED) is 0.593. The molecule has 5 heteroatoms. The molecular weight excluding hydrogens is 318 g/mol. The summed E-state index contributed by atoms with van der Waals surface area (Å²) in [5, 5.41) is 2.80. The summed E-state index contributed by atoms with van der Waals surface area (Å²) in [6.07, 6.45) is 1.03. The summed E-state index contributed by atoms with van der Waals surface area (Å²) >= 11 is 0. The summed E-state index contributed by atoms with van der Waals surface area (Å²) in [6.45, 7) is 0.482. The van der Waals surface area contributed by atoms with Gasteiger partial charge in [0.2, 0.25) is 5.91 Å². The maximum Gasteiger partial charge on any atom is 0.337 e. The van der Waals surface area contributed by atoms with Crippen LogP contribution in [0.1, 0.15) is 39.1 Å². The molecule has 0 saturated carbocycles. The van der Waals surface area contributed by atoms with Crippen molar-refractivity contribution in [3.8, 4) is 0 Å². The molecule has 1 amide bonds. The number of Topliss-reactive ketones (excluding diaryl/α,β-unsaturated/α-hetero) is 1. The predicted molar refractivity (Wildman–Crippen MR) is 94.5 cm³/mol. The summed E-state index contributed by atoms with van der Waals surface area (Å²) in [5.74, 6) is -0.549.